The minimum absolute atomic E-state index is 0.251. The molecule has 4 rings (SSSR count). The van der Waals surface area contributed by atoms with E-state index in [1.807, 2.05) is 6.92 Å². The first-order valence-electron chi connectivity index (χ1n) is 9.24. The second-order valence-electron chi connectivity index (χ2n) is 6.98. The largest absolute Gasteiger partial charge is 0.497 e. The Labute approximate surface area is 160 Å². The van der Waals surface area contributed by atoms with Crippen LogP contribution in [-0.4, -0.2) is 49.4 Å². The molecule has 3 heterocycles. The van der Waals surface area contributed by atoms with Gasteiger partial charge < -0.3 is 9.64 Å². The monoisotopic (exact) mass is 388 g/mol. The average molecular weight is 388 g/mol. The molecule has 2 aliphatic heterocycles. The van der Waals surface area contributed by atoms with Crippen LogP contribution in [0.1, 0.15) is 29.9 Å². The number of sulfonamides is 1. The number of hydrogen-bond acceptors (Lipinski definition) is 6. The molecule has 0 unspecified atom stereocenters. The van der Waals surface area contributed by atoms with Gasteiger partial charge >= 0.3 is 0 Å². The summed E-state index contributed by atoms with van der Waals surface area (Å²) in [5, 5.41) is 0. The number of hydrogen-bond donors (Lipinski definition) is 0. The smallest absolute Gasteiger partial charge is 0.243 e. The summed E-state index contributed by atoms with van der Waals surface area (Å²) in [5.74, 6) is 2.19. The number of nitrogens with zero attached hydrogens (tertiary/aromatic N) is 4. The molecule has 0 saturated carbocycles. The number of aromatic nitrogens is 2. The molecule has 144 valence electrons. The summed E-state index contributed by atoms with van der Waals surface area (Å²) in [6.45, 7) is 4.56. The Hall–Kier alpha value is -2.19. The first kappa shape index (κ1) is 18.2. The first-order valence-corrected chi connectivity index (χ1v) is 10.7. The Morgan fingerprint density at radius 2 is 1.89 bits per heavy atom. The van der Waals surface area contributed by atoms with E-state index in [1.54, 1.807) is 24.3 Å². The van der Waals surface area contributed by atoms with Gasteiger partial charge in [-0.25, -0.2) is 18.4 Å². The molecule has 7 nitrogen and oxygen atoms in total. The van der Waals surface area contributed by atoms with Gasteiger partial charge in [0.2, 0.25) is 10.0 Å². The molecule has 1 fully saturated rings. The van der Waals surface area contributed by atoms with Gasteiger partial charge in [0.1, 0.15) is 17.4 Å². The Morgan fingerprint density at radius 1 is 1.11 bits per heavy atom. The maximum absolute atomic E-state index is 13.2. The van der Waals surface area contributed by atoms with E-state index in [4.69, 9.17) is 4.74 Å². The highest BCUT2D eigenvalue weighted by Crippen LogP contribution is 2.32. The lowest BCUT2D eigenvalue weighted by molar-refractivity contribution is 0.385. The van der Waals surface area contributed by atoms with Gasteiger partial charge in [0.05, 0.1) is 17.7 Å². The molecule has 0 N–H and O–H groups in total. The highest BCUT2D eigenvalue weighted by Gasteiger charge is 2.32. The molecule has 2 aromatic rings. The molecule has 0 radical (unpaired) electrons. The molecule has 0 spiro atoms. The lowest BCUT2D eigenvalue weighted by atomic mass is 10.1. The third-order valence-corrected chi connectivity index (χ3v) is 7.04. The van der Waals surface area contributed by atoms with Crippen LogP contribution in [0.25, 0.3) is 0 Å². The van der Waals surface area contributed by atoms with Crippen molar-refractivity contribution < 1.29 is 13.2 Å². The maximum Gasteiger partial charge on any atom is 0.243 e. The number of ether oxygens (including phenoxy) is 1. The van der Waals surface area contributed by atoms with Crippen LogP contribution in [0.15, 0.2) is 29.2 Å². The fourth-order valence-electron chi connectivity index (χ4n) is 3.80. The third kappa shape index (κ3) is 3.39. The quantitative estimate of drug-likeness (QED) is 0.799. The number of anilines is 1. The van der Waals surface area contributed by atoms with E-state index in [1.165, 1.54) is 11.4 Å². The summed E-state index contributed by atoms with van der Waals surface area (Å²) in [6, 6.07) is 6.62. The van der Waals surface area contributed by atoms with Crippen LogP contribution < -0.4 is 9.64 Å². The van der Waals surface area contributed by atoms with Crippen molar-refractivity contribution in [2.75, 3.05) is 31.6 Å². The molecule has 27 heavy (non-hydrogen) atoms. The van der Waals surface area contributed by atoms with Crippen molar-refractivity contribution in [3.63, 3.8) is 0 Å². The summed E-state index contributed by atoms with van der Waals surface area (Å²) in [7, 11) is -2.08. The molecular formula is C19H24N4O3S. The van der Waals surface area contributed by atoms with E-state index in [2.05, 4.69) is 14.9 Å². The molecule has 1 aromatic carbocycles. The van der Waals surface area contributed by atoms with Crippen LogP contribution in [-0.2, 0) is 23.0 Å². The van der Waals surface area contributed by atoms with Crippen LogP contribution in [0.3, 0.4) is 0 Å². The topological polar surface area (TPSA) is 75.6 Å². The van der Waals surface area contributed by atoms with Crippen molar-refractivity contribution >= 4 is 15.8 Å². The van der Waals surface area contributed by atoms with E-state index >= 15 is 0 Å². The van der Waals surface area contributed by atoms with E-state index in [0.29, 0.717) is 25.3 Å². The van der Waals surface area contributed by atoms with Crippen molar-refractivity contribution in [3.8, 4) is 5.75 Å². The molecule has 0 bridgehead atoms. The van der Waals surface area contributed by atoms with Crippen molar-refractivity contribution in [3.05, 3.63) is 41.3 Å². The predicted molar refractivity (Wildman–Crippen MR) is 103 cm³/mol. The summed E-state index contributed by atoms with van der Waals surface area (Å²) in [4.78, 5) is 11.8. The van der Waals surface area contributed by atoms with Gasteiger partial charge in [-0.2, -0.15) is 4.31 Å². The summed E-state index contributed by atoms with van der Waals surface area (Å²) < 4.78 is 33.1. The normalized spacial score (nSPS) is 17.8. The van der Waals surface area contributed by atoms with Crippen molar-refractivity contribution in [1.82, 2.24) is 14.3 Å². The van der Waals surface area contributed by atoms with Crippen molar-refractivity contribution in [1.29, 1.82) is 0 Å². The molecule has 0 atom stereocenters. The highest BCUT2D eigenvalue weighted by molar-refractivity contribution is 7.89. The minimum Gasteiger partial charge on any atom is -0.497 e. The second kappa shape index (κ2) is 7.09. The Kier molecular flexibility index (Phi) is 4.77. The Morgan fingerprint density at radius 3 is 2.63 bits per heavy atom. The number of fused-ring (bicyclic) bond motifs is 1. The number of methoxy groups -OCH3 is 1. The molecular weight excluding hydrogens is 364 g/mol. The molecule has 0 aliphatic carbocycles. The summed E-state index contributed by atoms with van der Waals surface area (Å²) in [5.41, 5.74) is 1.92. The molecule has 1 saturated heterocycles. The lowest BCUT2D eigenvalue weighted by Crippen LogP contribution is -2.38. The van der Waals surface area contributed by atoms with Crippen LogP contribution in [0.5, 0.6) is 5.75 Å². The maximum atomic E-state index is 13.2. The van der Waals surface area contributed by atoms with E-state index in [9.17, 15) is 8.42 Å². The highest BCUT2D eigenvalue weighted by atomic mass is 32.2. The van der Waals surface area contributed by atoms with Crippen LogP contribution >= 0.6 is 0 Å². The first-order chi connectivity index (χ1) is 13.0. The molecule has 0 amide bonds. The van der Waals surface area contributed by atoms with E-state index in [0.717, 1.165) is 48.8 Å². The number of rotatable bonds is 4. The van der Waals surface area contributed by atoms with Crippen LogP contribution in [0, 0.1) is 6.92 Å². The third-order valence-electron chi connectivity index (χ3n) is 5.20. The van der Waals surface area contributed by atoms with Gasteiger partial charge in [-0.05, 0) is 31.9 Å². The number of aryl methyl sites for hydroxylation is 1. The van der Waals surface area contributed by atoms with E-state index in [-0.39, 0.29) is 4.90 Å². The van der Waals surface area contributed by atoms with Gasteiger partial charge in [0.25, 0.3) is 0 Å². The molecule has 8 heteroatoms. The van der Waals surface area contributed by atoms with E-state index < -0.39 is 10.0 Å². The fourth-order valence-corrected chi connectivity index (χ4v) is 5.24. The molecule has 2 aliphatic rings. The van der Waals surface area contributed by atoms with Gasteiger partial charge in [-0.3, -0.25) is 0 Å². The zero-order valence-corrected chi connectivity index (χ0v) is 16.5. The average Bonchev–Trinajstić information content (AvgIpc) is 3.21. The summed E-state index contributed by atoms with van der Waals surface area (Å²) >= 11 is 0. The van der Waals surface area contributed by atoms with Gasteiger partial charge in [0.15, 0.2) is 0 Å². The van der Waals surface area contributed by atoms with Gasteiger partial charge in [-0.15, -0.1) is 0 Å². The summed E-state index contributed by atoms with van der Waals surface area (Å²) in [6.07, 6.45) is 2.88. The zero-order chi connectivity index (χ0) is 19.0. The Balaban J connectivity index is 1.69. The van der Waals surface area contributed by atoms with Gasteiger partial charge in [-0.1, -0.05) is 6.07 Å². The fraction of sp³-hybridized carbons (Fsp3) is 0.474. The van der Waals surface area contributed by atoms with Crippen LogP contribution in [0.4, 0.5) is 5.82 Å². The SMILES string of the molecule is COc1cccc(S(=O)(=O)N2CCc3nc(C)nc(N4CCCC4)c3C2)c1. The molecule has 1 aromatic heterocycles. The number of benzene rings is 1. The zero-order valence-electron chi connectivity index (χ0n) is 15.7. The lowest BCUT2D eigenvalue weighted by Gasteiger charge is -2.31. The second-order valence-corrected chi connectivity index (χ2v) is 8.92. The standard InChI is InChI=1S/C19H24N4O3S/c1-14-20-18-8-11-23(13-17(18)19(21-14)22-9-3-4-10-22)27(24,25)16-7-5-6-15(12-16)26-2/h5-7,12H,3-4,8-11,13H2,1-2H3. The van der Waals surface area contributed by atoms with Crippen LogP contribution in [0.2, 0.25) is 0 Å². The minimum atomic E-state index is -3.61. The van der Waals surface area contributed by atoms with Gasteiger partial charge in [0, 0.05) is 44.2 Å². The van der Waals surface area contributed by atoms with Crippen molar-refractivity contribution in [2.24, 2.45) is 0 Å². The van der Waals surface area contributed by atoms with Crippen molar-refractivity contribution in [2.45, 2.75) is 37.6 Å². The predicted octanol–water partition coefficient (Wildman–Crippen LogP) is 2.14. The Bertz CT molecular complexity index is 955.